The zero-order chi connectivity index (χ0) is 60.6. The normalized spacial score (nSPS) is 15.4. The molecule has 4 atom stereocenters. The van der Waals surface area contributed by atoms with E-state index in [-0.39, 0.29) is 118 Å². The van der Waals surface area contributed by atoms with Gasteiger partial charge in [-0.3, -0.25) is 0 Å². The molecule has 0 saturated heterocycles. The monoisotopic (exact) mass is 1340 g/mol. The Morgan fingerprint density at radius 1 is 0.639 bits per heavy atom. The Morgan fingerprint density at radius 3 is 1.41 bits per heavy atom. The number of aliphatic hydroxyl groups excluding tert-OH is 1. The number of nitrogens with zero attached hydrogens (tertiary/aromatic N) is 2. The van der Waals surface area contributed by atoms with Gasteiger partial charge in [-0.25, -0.2) is 63.0 Å². The molecule has 3 aromatic carbocycles. The number of hydrogen-bond donors (Lipinski definition) is 4. The minimum absolute atomic E-state index is 0. The van der Waals surface area contributed by atoms with Gasteiger partial charge < -0.3 is 52.0 Å². The molecule has 2 amide bonds. The Labute approximate surface area is 508 Å². The maximum atomic E-state index is 14.0. The number of benzene rings is 3. The van der Waals surface area contributed by atoms with Crippen LogP contribution in [0.15, 0.2) is 90.0 Å². The quantitative estimate of drug-likeness (QED) is 0.0213. The number of carboxylic acid groups (broad SMARTS) is 1. The van der Waals surface area contributed by atoms with Crippen molar-refractivity contribution in [3.05, 3.63) is 125 Å². The summed E-state index contributed by atoms with van der Waals surface area (Å²) in [4.78, 5) is 74.7. The van der Waals surface area contributed by atoms with Gasteiger partial charge in [0.2, 0.25) is 20.0 Å². The topological polar surface area (TPSA) is 288 Å². The van der Waals surface area contributed by atoms with Gasteiger partial charge in [0, 0.05) is 27.5 Å². The van der Waals surface area contributed by atoms with E-state index in [1.165, 1.54) is 12.2 Å². The molecule has 21 nitrogen and oxygen atoms in total. The number of alkyl carbamates (subject to hydrolysis) is 2. The molecule has 2 aliphatic rings. The molecule has 0 heterocycles. The van der Waals surface area contributed by atoms with Gasteiger partial charge in [0.1, 0.15) is 40.8 Å². The van der Waals surface area contributed by atoms with Gasteiger partial charge in [-0.2, -0.15) is 0 Å². The van der Waals surface area contributed by atoms with Crippen LogP contribution in [0.1, 0.15) is 98.5 Å². The molecule has 0 fully saturated rings. The first-order chi connectivity index (χ1) is 38.3. The van der Waals surface area contributed by atoms with Crippen molar-refractivity contribution < 1.29 is 109 Å². The van der Waals surface area contributed by atoms with Crippen molar-refractivity contribution in [1.29, 1.82) is 0 Å². The molecule has 2 unspecified atom stereocenters. The number of hydrogen-bond acceptors (Lipinski definition) is 16. The molecule has 0 saturated carbocycles. The van der Waals surface area contributed by atoms with Crippen molar-refractivity contribution in [3.63, 3.8) is 0 Å². The molecule has 0 radical (unpaired) electrons. The number of carbonyl (C=O) groups is 6. The number of esters is 3. The maximum absolute atomic E-state index is 14.0. The second-order valence-electron chi connectivity index (χ2n) is 18.8. The van der Waals surface area contributed by atoms with E-state index in [1.54, 1.807) is 52.0 Å². The zero-order valence-corrected chi connectivity index (χ0v) is 51.9. The van der Waals surface area contributed by atoms with E-state index in [1.807, 2.05) is 19.9 Å². The Hall–Kier alpha value is -5.88. The van der Waals surface area contributed by atoms with Crippen LogP contribution in [0, 0.1) is 30.9 Å². The molecule has 5 rings (SSSR count). The number of anilines is 2. The minimum atomic E-state index is -4.46. The molecule has 3 aromatic rings. The summed E-state index contributed by atoms with van der Waals surface area (Å²) in [6.45, 7) is 8.75. The van der Waals surface area contributed by atoms with Crippen LogP contribution in [-0.4, -0.2) is 119 Å². The Balaban J connectivity index is 0.000000799. The maximum Gasteiger partial charge on any atom is 0.409 e. The third-order valence-corrected chi connectivity index (χ3v) is 16.8. The van der Waals surface area contributed by atoms with Crippen LogP contribution >= 0.6 is 23.2 Å². The molecular weight excluding hydrogens is 1270 g/mol. The van der Waals surface area contributed by atoms with Gasteiger partial charge in [0.05, 0.1) is 45.8 Å². The molecule has 466 valence electrons. The largest absolute Gasteiger partial charge is 0.480 e. The molecular formula is C55H73Cl2F2N4O17PdS2-. The Bertz CT molecular complexity index is 2920. The van der Waals surface area contributed by atoms with Gasteiger partial charge in [-0.15, -0.1) is 0 Å². The van der Waals surface area contributed by atoms with E-state index in [4.69, 9.17) is 52.0 Å². The number of sulfonamides is 2. The van der Waals surface area contributed by atoms with E-state index in [0.29, 0.717) is 34.3 Å². The summed E-state index contributed by atoms with van der Waals surface area (Å²) in [7, 11) is -7.91. The van der Waals surface area contributed by atoms with Crippen LogP contribution in [0.5, 0.6) is 0 Å². The first kappa shape index (κ1) is 75.1. The van der Waals surface area contributed by atoms with Gasteiger partial charge in [-0.05, 0) is 119 Å². The van der Waals surface area contributed by atoms with E-state index >= 15 is 0 Å². The van der Waals surface area contributed by atoms with Crippen molar-refractivity contribution in [1.82, 2.24) is 10.6 Å². The van der Waals surface area contributed by atoms with Crippen LogP contribution in [0.2, 0.25) is 10.0 Å². The number of carbonyl (C=O) groups excluding carboxylic acids is 5. The minimum Gasteiger partial charge on any atom is -0.480 e. The average Bonchev–Trinajstić information content (AvgIpc) is 3.59. The molecule has 83 heavy (non-hydrogen) atoms. The number of carboxylic acids is 1. The summed E-state index contributed by atoms with van der Waals surface area (Å²) in [5, 5.41) is 17.8. The number of aliphatic carboxylic acids is 1. The number of allylic oxidation sites excluding steroid dienone is 2. The summed E-state index contributed by atoms with van der Waals surface area (Å²) in [6.07, 6.45) is 3.16. The van der Waals surface area contributed by atoms with Gasteiger partial charge in [0.15, 0.2) is 13.5 Å². The average molecular weight is 1340 g/mol. The van der Waals surface area contributed by atoms with Crippen molar-refractivity contribution in [2.24, 2.45) is 11.8 Å². The third-order valence-electron chi connectivity index (χ3n) is 11.9. The first-order valence-corrected chi connectivity index (χ1v) is 29.5. The second-order valence-corrected chi connectivity index (χ2v) is 23.7. The predicted molar refractivity (Wildman–Crippen MR) is 304 cm³/mol. The predicted octanol–water partition coefficient (Wildman–Crippen LogP) is 9.40. The number of rotatable bonds is 24. The van der Waals surface area contributed by atoms with Crippen LogP contribution in [0.25, 0.3) is 0 Å². The fourth-order valence-electron chi connectivity index (χ4n) is 8.22. The van der Waals surface area contributed by atoms with Crippen LogP contribution in [0.3, 0.4) is 0 Å². The summed E-state index contributed by atoms with van der Waals surface area (Å²) in [5.41, 5.74) is 0.317. The van der Waals surface area contributed by atoms with Crippen molar-refractivity contribution >= 4 is 90.7 Å². The van der Waals surface area contributed by atoms with E-state index in [0.717, 1.165) is 49.1 Å². The van der Waals surface area contributed by atoms with E-state index in [2.05, 4.69) is 10.6 Å². The number of aliphatic hydroxyl groups is 1. The smallest absolute Gasteiger partial charge is 0.409 e. The van der Waals surface area contributed by atoms with Crippen molar-refractivity contribution in [2.45, 2.75) is 122 Å². The van der Waals surface area contributed by atoms with Crippen LogP contribution in [0.4, 0.5) is 29.7 Å². The molecule has 4 N–H and O–H groups in total. The summed E-state index contributed by atoms with van der Waals surface area (Å²) >= 11 is 12.4. The fraction of sp³-hybridized carbons (Fsp3) is 0.473. The molecule has 2 aliphatic carbocycles. The summed E-state index contributed by atoms with van der Waals surface area (Å²) < 4.78 is 110. The number of halogens is 4. The van der Waals surface area contributed by atoms with Gasteiger partial charge >= 0.3 is 36.1 Å². The zero-order valence-electron chi connectivity index (χ0n) is 47.2. The standard InChI is InChI=1S/C30H36ClFN2O8S.C23H30ClFN2O8S.CH4O.CH3.Pd/c1-4-40-28(35)23-12-8-9-13-27(23)43(38,39)34(26-15-14-22(32)17-24(26)31)19-42-30(37)33-25(16-20(2)3)29(36)41-18-21-10-6-5-7-11-21;1-4-34-22(30)16-7-5-6-8-20(16)36(32,33)27(19-10-9-15(25)12-17(19)24)13-35-23(31)26-18(21(28)29)11-14(2)3;1-2;;/h5-7,10-12,14-15,17,20,25,27H,4,8-9,13,16,18-19H2,1-3H3,(H,33,37);7,9-10,12,14,18,20H,4-6,8,11,13H2,1-3H3,(H,26,31)(H,28,29);2H,1H3;1H3;/q;;;-1;/t25-,27?;18-,20?;;;/m11.../s1. The summed E-state index contributed by atoms with van der Waals surface area (Å²) in [6, 6.07) is 12.7. The SMILES string of the molecule is CCOC(=O)C1=CCCCC1S(=O)(=O)N(COC(=O)N[C@H](CC(C)C)C(=O)O)c1ccc(F)cc1Cl.CCOC(=O)C1=CCCCC1S(=O)(=O)N(COC(=O)N[C@H](CC(C)C)C(=O)OCc1ccccc1)c1ccc(F)cc1Cl.CO.[CH3-].[Pd]. The first-order valence-electron chi connectivity index (χ1n) is 25.7. The number of nitrogens with one attached hydrogen (secondary N) is 2. The van der Waals surface area contributed by atoms with Gasteiger partial charge in [0.25, 0.3) is 0 Å². The Morgan fingerprint density at radius 2 is 1.04 bits per heavy atom. The van der Waals surface area contributed by atoms with Crippen molar-refractivity contribution in [2.75, 3.05) is 42.4 Å². The van der Waals surface area contributed by atoms with E-state index < -0.39 is 104 Å². The molecule has 0 spiro atoms. The second kappa shape index (κ2) is 36.7. The van der Waals surface area contributed by atoms with Crippen molar-refractivity contribution in [3.8, 4) is 0 Å². The third kappa shape index (κ3) is 22.9. The molecule has 28 heteroatoms. The van der Waals surface area contributed by atoms with Crippen LogP contribution in [-0.2, 0) is 89.9 Å². The number of amides is 2. The fourth-order valence-corrected chi connectivity index (χ4v) is 12.7. The van der Waals surface area contributed by atoms with E-state index in [9.17, 15) is 59.5 Å². The number of ether oxygens (including phenoxy) is 5. The molecule has 0 aliphatic heterocycles. The summed E-state index contributed by atoms with van der Waals surface area (Å²) in [5.74, 6) is -5.02. The molecule has 0 aromatic heterocycles. The Kier molecular flexibility index (Phi) is 33.3. The van der Waals surface area contributed by atoms with Gasteiger partial charge in [-0.1, -0.05) is 93.4 Å². The molecule has 0 bridgehead atoms. The van der Waals surface area contributed by atoms with Crippen LogP contribution < -0.4 is 19.2 Å².